The smallest absolute Gasteiger partial charge is 0.288 e. The molecule has 21 heavy (non-hydrogen) atoms. The Hall–Kier alpha value is -2.41. The van der Waals surface area contributed by atoms with Crippen LogP contribution in [0.5, 0.6) is 0 Å². The standard InChI is InChI=1S/C13H13ClN4O3/c1-17-8-9(7-15-17)2-5-13(19)16-10-3-4-12(18(20)21)11(14)6-10/h3-4,6-8H,2,5H2,1H3,(H,16,19). The molecule has 0 bridgehead atoms. The van der Waals surface area contributed by atoms with Crippen LogP contribution in [0.25, 0.3) is 0 Å². The van der Waals surface area contributed by atoms with Gasteiger partial charge in [-0.15, -0.1) is 0 Å². The molecule has 1 aromatic heterocycles. The van der Waals surface area contributed by atoms with Crippen molar-refractivity contribution in [1.82, 2.24) is 9.78 Å². The molecule has 7 nitrogen and oxygen atoms in total. The molecule has 1 amide bonds. The lowest BCUT2D eigenvalue weighted by Gasteiger charge is -2.05. The molecule has 1 heterocycles. The van der Waals surface area contributed by atoms with Crippen LogP contribution in [-0.4, -0.2) is 20.6 Å². The Kier molecular flexibility index (Phi) is 4.54. The van der Waals surface area contributed by atoms with Crippen LogP contribution >= 0.6 is 11.6 Å². The third-order valence-corrected chi connectivity index (χ3v) is 3.13. The van der Waals surface area contributed by atoms with Crippen molar-refractivity contribution in [3.8, 4) is 0 Å². The highest BCUT2D eigenvalue weighted by Crippen LogP contribution is 2.27. The molecule has 110 valence electrons. The van der Waals surface area contributed by atoms with Crippen LogP contribution < -0.4 is 5.32 Å². The molecule has 0 atom stereocenters. The third-order valence-electron chi connectivity index (χ3n) is 2.83. The lowest BCUT2D eigenvalue weighted by atomic mass is 10.2. The summed E-state index contributed by atoms with van der Waals surface area (Å²) in [7, 11) is 1.81. The van der Waals surface area contributed by atoms with Gasteiger partial charge >= 0.3 is 0 Å². The quantitative estimate of drug-likeness (QED) is 0.679. The molecular formula is C13H13ClN4O3. The van der Waals surface area contributed by atoms with Gasteiger partial charge in [-0.1, -0.05) is 11.6 Å². The summed E-state index contributed by atoms with van der Waals surface area (Å²) >= 11 is 5.78. The average Bonchev–Trinajstić information content (AvgIpc) is 2.82. The lowest BCUT2D eigenvalue weighted by Crippen LogP contribution is -2.12. The van der Waals surface area contributed by atoms with E-state index in [1.54, 1.807) is 10.9 Å². The van der Waals surface area contributed by atoms with Gasteiger partial charge in [0.1, 0.15) is 5.02 Å². The van der Waals surface area contributed by atoms with Crippen LogP contribution in [-0.2, 0) is 18.3 Å². The summed E-state index contributed by atoms with van der Waals surface area (Å²) in [6, 6.07) is 4.08. The number of hydrogen-bond acceptors (Lipinski definition) is 4. The van der Waals surface area contributed by atoms with Crippen LogP contribution in [0.1, 0.15) is 12.0 Å². The van der Waals surface area contributed by atoms with E-state index < -0.39 is 4.92 Å². The van der Waals surface area contributed by atoms with E-state index in [2.05, 4.69) is 10.4 Å². The second-order valence-electron chi connectivity index (χ2n) is 4.49. The van der Waals surface area contributed by atoms with Gasteiger partial charge in [0.25, 0.3) is 5.69 Å². The molecule has 1 aromatic carbocycles. The number of aryl methyl sites for hydroxylation is 2. The highest BCUT2D eigenvalue weighted by Gasteiger charge is 2.13. The number of hydrogen-bond donors (Lipinski definition) is 1. The van der Waals surface area contributed by atoms with Crippen molar-refractivity contribution in [3.05, 3.63) is 51.3 Å². The second kappa shape index (κ2) is 6.36. The zero-order valence-electron chi connectivity index (χ0n) is 11.2. The number of nitro benzene ring substituents is 1. The number of nitrogens with one attached hydrogen (secondary N) is 1. The molecule has 0 saturated carbocycles. The zero-order chi connectivity index (χ0) is 15.4. The molecule has 1 N–H and O–H groups in total. The number of benzene rings is 1. The van der Waals surface area contributed by atoms with E-state index in [9.17, 15) is 14.9 Å². The number of carbonyl (C=O) groups excluding carboxylic acids is 1. The molecule has 0 saturated heterocycles. The molecule has 2 rings (SSSR count). The average molecular weight is 309 g/mol. The summed E-state index contributed by atoms with van der Waals surface area (Å²) in [5, 5.41) is 17.3. The second-order valence-corrected chi connectivity index (χ2v) is 4.90. The monoisotopic (exact) mass is 308 g/mol. The van der Waals surface area contributed by atoms with Crippen LogP contribution in [0.15, 0.2) is 30.6 Å². The number of nitro groups is 1. The number of anilines is 1. The molecule has 0 aliphatic carbocycles. The van der Waals surface area contributed by atoms with Gasteiger partial charge in [-0.25, -0.2) is 0 Å². The molecule has 2 aromatic rings. The van der Waals surface area contributed by atoms with Gasteiger partial charge in [0, 0.05) is 31.4 Å². The summed E-state index contributed by atoms with van der Waals surface area (Å²) in [6.07, 6.45) is 4.41. The molecule has 0 unspecified atom stereocenters. The highest BCUT2D eigenvalue weighted by molar-refractivity contribution is 6.33. The minimum Gasteiger partial charge on any atom is -0.326 e. The SMILES string of the molecule is Cn1cc(CCC(=O)Nc2ccc([N+](=O)[O-])c(Cl)c2)cn1. The highest BCUT2D eigenvalue weighted by atomic mass is 35.5. The van der Waals surface area contributed by atoms with Crippen molar-refractivity contribution < 1.29 is 9.72 Å². The maximum Gasteiger partial charge on any atom is 0.288 e. The Balaban J connectivity index is 1.93. The number of amides is 1. The van der Waals surface area contributed by atoms with Crippen LogP contribution in [0.4, 0.5) is 11.4 Å². The molecular weight excluding hydrogens is 296 g/mol. The normalized spacial score (nSPS) is 10.4. The van der Waals surface area contributed by atoms with Gasteiger partial charge in [0.15, 0.2) is 0 Å². The van der Waals surface area contributed by atoms with Gasteiger partial charge in [-0.05, 0) is 24.1 Å². The van der Waals surface area contributed by atoms with Crippen LogP contribution in [0.3, 0.4) is 0 Å². The van der Waals surface area contributed by atoms with Gasteiger partial charge in [0.05, 0.1) is 11.1 Å². The van der Waals surface area contributed by atoms with Crippen molar-refractivity contribution in [1.29, 1.82) is 0 Å². The zero-order valence-corrected chi connectivity index (χ0v) is 12.0. The van der Waals surface area contributed by atoms with Crippen molar-refractivity contribution in [2.45, 2.75) is 12.8 Å². The van der Waals surface area contributed by atoms with Gasteiger partial charge in [-0.3, -0.25) is 19.6 Å². The Morgan fingerprint density at radius 2 is 2.29 bits per heavy atom. The van der Waals surface area contributed by atoms with Gasteiger partial charge < -0.3 is 5.32 Å². The minimum absolute atomic E-state index is 0.00920. The summed E-state index contributed by atoms with van der Waals surface area (Å²) in [5.74, 6) is -0.191. The summed E-state index contributed by atoms with van der Waals surface area (Å²) in [5.41, 5.74) is 1.21. The molecule has 0 aliphatic rings. The fourth-order valence-corrected chi connectivity index (χ4v) is 2.06. The number of nitrogens with zero attached hydrogens (tertiary/aromatic N) is 3. The first-order chi connectivity index (χ1) is 9.95. The Morgan fingerprint density at radius 1 is 1.52 bits per heavy atom. The minimum atomic E-state index is -0.573. The third kappa shape index (κ3) is 4.03. The Morgan fingerprint density at radius 3 is 2.86 bits per heavy atom. The first-order valence-corrected chi connectivity index (χ1v) is 6.55. The lowest BCUT2D eigenvalue weighted by molar-refractivity contribution is -0.384. The topological polar surface area (TPSA) is 90.1 Å². The van der Waals surface area contributed by atoms with Crippen molar-refractivity contribution >= 4 is 28.9 Å². The molecule has 8 heteroatoms. The molecule has 0 aliphatic heterocycles. The number of rotatable bonds is 5. The predicted molar refractivity (Wildman–Crippen MR) is 78.3 cm³/mol. The summed E-state index contributed by atoms with van der Waals surface area (Å²) in [6.45, 7) is 0. The molecule has 0 spiro atoms. The first-order valence-electron chi connectivity index (χ1n) is 6.17. The number of carbonyl (C=O) groups is 1. The van der Waals surface area contributed by atoms with E-state index in [0.717, 1.165) is 5.56 Å². The number of aromatic nitrogens is 2. The summed E-state index contributed by atoms with van der Waals surface area (Å²) < 4.78 is 1.67. The van der Waals surface area contributed by atoms with E-state index in [0.29, 0.717) is 18.5 Å². The van der Waals surface area contributed by atoms with Crippen molar-refractivity contribution in [3.63, 3.8) is 0 Å². The Labute approximate surface area is 125 Å². The first kappa shape index (κ1) is 15.0. The maximum absolute atomic E-state index is 11.8. The van der Waals surface area contributed by atoms with E-state index in [4.69, 9.17) is 11.6 Å². The molecule has 0 fully saturated rings. The van der Waals surface area contributed by atoms with Gasteiger partial charge in [-0.2, -0.15) is 5.10 Å². The van der Waals surface area contributed by atoms with Crippen molar-refractivity contribution in [2.75, 3.05) is 5.32 Å². The summed E-state index contributed by atoms with van der Waals surface area (Å²) in [4.78, 5) is 21.9. The van der Waals surface area contributed by atoms with Crippen LogP contribution in [0, 0.1) is 10.1 Å². The van der Waals surface area contributed by atoms with E-state index in [-0.39, 0.29) is 16.6 Å². The van der Waals surface area contributed by atoms with E-state index >= 15 is 0 Å². The van der Waals surface area contributed by atoms with E-state index in [1.165, 1.54) is 18.2 Å². The fourth-order valence-electron chi connectivity index (χ4n) is 1.82. The maximum atomic E-state index is 11.8. The van der Waals surface area contributed by atoms with Crippen LogP contribution in [0.2, 0.25) is 5.02 Å². The largest absolute Gasteiger partial charge is 0.326 e. The predicted octanol–water partition coefficient (Wildman–Crippen LogP) is 2.55. The molecule has 0 radical (unpaired) electrons. The van der Waals surface area contributed by atoms with Crippen molar-refractivity contribution in [2.24, 2.45) is 7.05 Å². The van der Waals surface area contributed by atoms with Gasteiger partial charge in [0.2, 0.25) is 5.91 Å². The Bertz CT molecular complexity index is 684. The van der Waals surface area contributed by atoms with E-state index in [1.807, 2.05) is 13.2 Å². The number of halogens is 1. The fraction of sp³-hybridized carbons (Fsp3) is 0.231.